The first-order valence-corrected chi connectivity index (χ1v) is 7.22. The van der Waals surface area contributed by atoms with Crippen LogP contribution in [0, 0.1) is 5.92 Å². The summed E-state index contributed by atoms with van der Waals surface area (Å²) in [5.41, 5.74) is 1.72. The van der Waals surface area contributed by atoms with Gasteiger partial charge in [0.1, 0.15) is 11.9 Å². The highest BCUT2D eigenvalue weighted by atomic mass is 16.4. The molecular formula is C15H20N4O3. The second-order valence-electron chi connectivity index (χ2n) is 5.23. The van der Waals surface area contributed by atoms with Crippen molar-refractivity contribution in [3.05, 3.63) is 30.1 Å². The van der Waals surface area contributed by atoms with Crippen molar-refractivity contribution in [1.82, 2.24) is 20.6 Å². The van der Waals surface area contributed by atoms with E-state index in [1.54, 1.807) is 0 Å². The summed E-state index contributed by atoms with van der Waals surface area (Å²) < 4.78 is 0. The first-order valence-electron chi connectivity index (χ1n) is 7.22. The van der Waals surface area contributed by atoms with Crippen LogP contribution in [0.25, 0.3) is 11.0 Å². The maximum Gasteiger partial charge on any atom is 0.405 e. The standard InChI is InChI=1S/C15H20N4O3/c1-3-9(2)13(19-15(21)22)14(20)16-8-12-17-10-6-4-5-7-11(10)18-12/h4-7,9,13,19H,3,8H2,1-2H3,(H,16,20)(H,17,18)(H,21,22)/t9-,13+/m0/s1. The van der Waals surface area contributed by atoms with E-state index in [1.165, 1.54) is 0 Å². The molecule has 0 saturated carbocycles. The van der Waals surface area contributed by atoms with Crippen LogP contribution in [0.1, 0.15) is 26.1 Å². The van der Waals surface area contributed by atoms with E-state index in [0.29, 0.717) is 12.2 Å². The Morgan fingerprint density at radius 1 is 1.36 bits per heavy atom. The third-order valence-corrected chi connectivity index (χ3v) is 3.64. The third-order valence-electron chi connectivity index (χ3n) is 3.64. The summed E-state index contributed by atoms with van der Waals surface area (Å²) in [7, 11) is 0. The minimum absolute atomic E-state index is 0.0910. The highest BCUT2D eigenvalue weighted by molar-refractivity contribution is 5.85. The number of rotatable bonds is 6. The maximum atomic E-state index is 12.2. The molecule has 4 N–H and O–H groups in total. The number of carbonyl (C=O) groups is 2. The Morgan fingerprint density at radius 3 is 2.73 bits per heavy atom. The van der Waals surface area contributed by atoms with Crippen LogP contribution >= 0.6 is 0 Å². The minimum Gasteiger partial charge on any atom is -0.465 e. The molecular weight excluding hydrogens is 284 g/mol. The molecule has 7 nitrogen and oxygen atoms in total. The van der Waals surface area contributed by atoms with Crippen LogP contribution < -0.4 is 10.6 Å². The van der Waals surface area contributed by atoms with Crippen molar-refractivity contribution >= 4 is 23.0 Å². The molecule has 2 atom stereocenters. The Hall–Kier alpha value is -2.57. The number of benzene rings is 1. The molecule has 1 aromatic heterocycles. The van der Waals surface area contributed by atoms with Crippen LogP contribution in [0.15, 0.2) is 24.3 Å². The molecule has 0 unspecified atom stereocenters. The average Bonchev–Trinajstić information content (AvgIpc) is 2.92. The average molecular weight is 304 g/mol. The number of fused-ring (bicyclic) bond motifs is 1. The first-order chi connectivity index (χ1) is 10.5. The van der Waals surface area contributed by atoms with E-state index in [-0.39, 0.29) is 18.4 Å². The van der Waals surface area contributed by atoms with Gasteiger partial charge >= 0.3 is 6.09 Å². The number of hydrogen-bond acceptors (Lipinski definition) is 3. The van der Waals surface area contributed by atoms with Gasteiger partial charge in [-0.1, -0.05) is 32.4 Å². The van der Waals surface area contributed by atoms with Crippen LogP contribution in [-0.2, 0) is 11.3 Å². The Morgan fingerprint density at radius 2 is 2.09 bits per heavy atom. The number of imidazole rings is 1. The zero-order valence-corrected chi connectivity index (χ0v) is 12.6. The maximum absolute atomic E-state index is 12.2. The molecule has 0 saturated heterocycles. The van der Waals surface area contributed by atoms with E-state index < -0.39 is 12.1 Å². The molecule has 0 fully saturated rings. The van der Waals surface area contributed by atoms with Gasteiger partial charge < -0.3 is 20.7 Å². The molecule has 0 aliphatic rings. The van der Waals surface area contributed by atoms with Gasteiger partial charge in [-0.05, 0) is 18.1 Å². The van der Waals surface area contributed by atoms with Crippen LogP contribution in [0.4, 0.5) is 4.79 Å². The molecule has 0 bridgehead atoms. The number of aromatic nitrogens is 2. The Kier molecular flexibility index (Phi) is 4.98. The van der Waals surface area contributed by atoms with Crippen molar-refractivity contribution < 1.29 is 14.7 Å². The zero-order chi connectivity index (χ0) is 16.1. The molecule has 22 heavy (non-hydrogen) atoms. The summed E-state index contributed by atoms with van der Waals surface area (Å²) in [5, 5.41) is 13.8. The highest BCUT2D eigenvalue weighted by Crippen LogP contribution is 2.11. The van der Waals surface area contributed by atoms with Crippen molar-refractivity contribution in [3.8, 4) is 0 Å². The van der Waals surface area contributed by atoms with Gasteiger partial charge in [0.2, 0.25) is 5.91 Å². The van der Waals surface area contributed by atoms with Gasteiger partial charge in [-0.2, -0.15) is 0 Å². The van der Waals surface area contributed by atoms with E-state index in [4.69, 9.17) is 5.11 Å². The molecule has 2 rings (SSSR count). The Bertz CT molecular complexity index is 635. The lowest BCUT2D eigenvalue weighted by atomic mass is 9.98. The molecule has 2 amide bonds. The number of carboxylic acid groups (broad SMARTS) is 1. The van der Waals surface area contributed by atoms with Gasteiger partial charge in [-0.15, -0.1) is 0 Å². The number of carbonyl (C=O) groups excluding carboxylic acids is 1. The van der Waals surface area contributed by atoms with Crippen molar-refractivity contribution in [2.75, 3.05) is 0 Å². The fourth-order valence-corrected chi connectivity index (χ4v) is 2.21. The van der Waals surface area contributed by atoms with Crippen LogP contribution in [0.3, 0.4) is 0 Å². The second-order valence-corrected chi connectivity index (χ2v) is 5.23. The smallest absolute Gasteiger partial charge is 0.405 e. The van der Waals surface area contributed by atoms with Crippen LogP contribution in [0.5, 0.6) is 0 Å². The summed E-state index contributed by atoms with van der Waals surface area (Å²) >= 11 is 0. The second kappa shape index (κ2) is 6.93. The van der Waals surface area contributed by atoms with Crippen molar-refractivity contribution in [3.63, 3.8) is 0 Å². The quantitative estimate of drug-likeness (QED) is 0.653. The molecule has 0 radical (unpaired) electrons. The van der Waals surface area contributed by atoms with Gasteiger partial charge in [0, 0.05) is 0 Å². The van der Waals surface area contributed by atoms with Gasteiger partial charge in [0.05, 0.1) is 17.6 Å². The molecule has 7 heteroatoms. The summed E-state index contributed by atoms with van der Waals surface area (Å²) in [4.78, 5) is 30.5. The van der Waals surface area contributed by atoms with Gasteiger partial charge in [-0.3, -0.25) is 4.79 Å². The summed E-state index contributed by atoms with van der Waals surface area (Å²) in [6.45, 7) is 3.97. The number of nitrogens with one attached hydrogen (secondary N) is 3. The summed E-state index contributed by atoms with van der Waals surface area (Å²) in [6.07, 6.45) is -0.507. The predicted octanol–water partition coefficient (Wildman–Crippen LogP) is 1.86. The molecule has 0 spiro atoms. The predicted molar refractivity (Wildman–Crippen MR) is 82.3 cm³/mol. The van der Waals surface area contributed by atoms with Gasteiger partial charge in [-0.25, -0.2) is 9.78 Å². The van der Waals surface area contributed by atoms with Crippen molar-refractivity contribution in [2.24, 2.45) is 5.92 Å². The number of aromatic amines is 1. The summed E-state index contributed by atoms with van der Waals surface area (Å²) in [6, 6.07) is 6.80. The SMILES string of the molecule is CC[C@H](C)[C@@H](NC(=O)O)C(=O)NCc1nc2ccccc2[nH]1. The lowest BCUT2D eigenvalue weighted by molar-refractivity contribution is -0.124. The lowest BCUT2D eigenvalue weighted by Gasteiger charge is -2.21. The van der Waals surface area contributed by atoms with E-state index in [0.717, 1.165) is 11.0 Å². The number of hydrogen-bond donors (Lipinski definition) is 4. The van der Waals surface area contributed by atoms with Gasteiger partial charge in [0.25, 0.3) is 0 Å². The number of para-hydroxylation sites is 2. The first kappa shape index (κ1) is 15.8. The van der Waals surface area contributed by atoms with E-state index in [2.05, 4.69) is 20.6 Å². The van der Waals surface area contributed by atoms with Gasteiger partial charge in [0.15, 0.2) is 0 Å². The Balaban J connectivity index is 2.01. The monoisotopic (exact) mass is 304 g/mol. The fourth-order valence-electron chi connectivity index (χ4n) is 2.21. The largest absolute Gasteiger partial charge is 0.465 e. The lowest BCUT2D eigenvalue weighted by Crippen LogP contribution is -2.49. The van der Waals surface area contributed by atoms with Crippen molar-refractivity contribution in [1.29, 1.82) is 0 Å². The molecule has 1 aromatic carbocycles. The van der Waals surface area contributed by atoms with Crippen molar-refractivity contribution in [2.45, 2.75) is 32.9 Å². The molecule has 0 aliphatic heterocycles. The third kappa shape index (κ3) is 3.75. The number of H-pyrrole nitrogens is 1. The molecule has 118 valence electrons. The van der Waals surface area contributed by atoms with E-state index in [1.807, 2.05) is 38.1 Å². The van der Waals surface area contributed by atoms with E-state index in [9.17, 15) is 9.59 Å². The van der Waals surface area contributed by atoms with Crippen LogP contribution in [0.2, 0.25) is 0 Å². The minimum atomic E-state index is -1.20. The normalized spacial score (nSPS) is 13.5. The highest BCUT2D eigenvalue weighted by Gasteiger charge is 2.25. The molecule has 0 aliphatic carbocycles. The van der Waals surface area contributed by atoms with Crippen LogP contribution in [-0.4, -0.2) is 33.1 Å². The van der Waals surface area contributed by atoms with E-state index >= 15 is 0 Å². The number of nitrogens with zero attached hydrogens (tertiary/aromatic N) is 1. The number of amides is 2. The fraction of sp³-hybridized carbons (Fsp3) is 0.400. The Labute approximate surface area is 128 Å². The molecule has 2 aromatic rings. The topological polar surface area (TPSA) is 107 Å². The summed E-state index contributed by atoms with van der Waals surface area (Å²) in [5.74, 6) is 0.191. The molecule has 1 heterocycles. The zero-order valence-electron chi connectivity index (χ0n) is 12.6.